The van der Waals surface area contributed by atoms with Crippen LogP contribution in [-0.4, -0.2) is 36.8 Å². The minimum Gasteiger partial charge on any atom is -0.245 e. The lowest BCUT2D eigenvalue weighted by atomic mass is 10.5. The van der Waals surface area contributed by atoms with E-state index in [-0.39, 0.29) is 5.75 Å². The van der Waals surface area contributed by atoms with E-state index in [0.717, 1.165) is 0 Å². The van der Waals surface area contributed by atoms with Gasteiger partial charge in [-0.05, 0) is 6.07 Å². The Morgan fingerprint density at radius 1 is 1.46 bits per heavy atom. The van der Waals surface area contributed by atoms with E-state index in [1.807, 2.05) is 0 Å². The quantitative estimate of drug-likeness (QED) is 0.683. The van der Waals surface area contributed by atoms with Crippen molar-refractivity contribution < 1.29 is 8.42 Å². The summed E-state index contributed by atoms with van der Waals surface area (Å²) >= 11 is 0. The summed E-state index contributed by atoms with van der Waals surface area (Å²) in [5.41, 5.74) is 0.503. The van der Waals surface area contributed by atoms with Crippen LogP contribution < -0.4 is 0 Å². The van der Waals surface area contributed by atoms with Gasteiger partial charge in [-0.25, -0.2) is 22.7 Å². The van der Waals surface area contributed by atoms with Crippen molar-refractivity contribution in [3.63, 3.8) is 0 Å². The van der Waals surface area contributed by atoms with E-state index in [1.165, 1.54) is 30.9 Å². The molecule has 0 spiro atoms. The largest absolute Gasteiger partial charge is 0.245 e. The summed E-state index contributed by atoms with van der Waals surface area (Å²) in [6.45, 7) is 0. The van der Waals surface area contributed by atoms with Crippen molar-refractivity contribution >= 4 is 10.0 Å². The van der Waals surface area contributed by atoms with Gasteiger partial charge < -0.3 is 0 Å². The highest BCUT2D eigenvalue weighted by molar-refractivity contribution is 7.88. The molecular formula is C7H11N3O2S. The molecule has 1 rings (SSSR count). The molecule has 0 aliphatic rings. The van der Waals surface area contributed by atoms with Gasteiger partial charge >= 0.3 is 0 Å². The van der Waals surface area contributed by atoms with Gasteiger partial charge in [0, 0.05) is 20.3 Å². The molecule has 0 aromatic carbocycles. The van der Waals surface area contributed by atoms with E-state index in [9.17, 15) is 8.42 Å². The van der Waals surface area contributed by atoms with E-state index >= 15 is 0 Å². The molecule has 0 saturated carbocycles. The summed E-state index contributed by atoms with van der Waals surface area (Å²) in [6.07, 6.45) is 2.86. The summed E-state index contributed by atoms with van der Waals surface area (Å²) in [5, 5.41) is 0. The SMILES string of the molecule is CN(C)S(=O)(=O)Cc1ccncn1. The molecule has 5 nitrogen and oxygen atoms in total. The first-order chi connectivity index (χ1) is 6.02. The number of hydrogen-bond donors (Lipinski definition) is 0. The van der Waals surface area contributed by atoms with Crippen molar-refractivity contribution in [1.82, 2.24) is 14.3 Å². The molecule has 0 N–H and O–H groups in total. The second-order valence-electron chi connectivity index (χ2n) is 2.74. The molecule has 0 bridgehead atoms. The Morgan fingerprint density at radius 2 is 2.15 bits per heavy atom. The zero-order valence-electron chi connectivity index (χ0n) is 7.51. The Bertz CT molecular complexity index is 361. The molecule has 72 valence electrons. The molecule has 0 aliphatic heterocycles. The first-order valence-corrected chi connectivity index (χ1v) is 5.28. The molecule has 0 saturated heterocycles. The van der Waals surface area contributed by atoms with Crippen LogP contribution in [-0.2, 0) is 15.8 Å². The monoisotopic (exact) mass is 201 g/mol. The average molecular weight is 201 g/mol. The Hall–Kier alpha value is -1.01. The zero-order valence-corrected chi connectivity index (χ0v) is 8.32. The van der Waals surface area contributed by atoms with Crippen LogP contribution in [0.5, 0.6) is 0 Å². The van der Waals surface area contributed by atoms with Gasteiger partial charge in [-0.2, -0.15) is 0 Å². The summed E-state index contributed by atoms with van der Waals surface area (Å²) < 4.78 is 23.9. The van der Waals surface area contributed by atoms with Gasteiger partial charge in [0.1, 0.15) is 12.1 Å². The van der Waals surface area contributed by atoms with Crippen LogP contribution in [0.1, 0.15) is 5.69 Å². The van der Waals surface area contributed by atoms with Crippen LogP contribution in [0.2, 0.25) is 0 Å². The van der Waals surface area contributed by atoms with Crippen molar-refractivity contribution in [2.45, 2.75) is 5.75 Å². The number of sulfonamides is 1. The highest BCUT2D eigenvalue weighted by Gasteiger charge is 2.14. The smallest absolute Gasteiger partial charge is 0.219 e. The second-order valence-corrected chi connectivity index (χ2v) is 4.92. The lowest BCUT2D eigenvalue weighted by molar-refractivity contribution is 0.519. The molecule has 1 aromatic heterocycles. The normalized spacial score (nSPS) is 11.9. The Morgan fingerprint density at radius 3 is 2.62 bits per heavy atom. The van der Waals surface area contributed by atoms with Crippen molar-refractivity contribution in [2.75, 3.05) is 14.1 Å². The highest BCUT2D eigenvalue weighted by atomic mass is 32.2. The van der Waals surface area contributed by atoms with Gasteiger partial charge in [0.25, 0.3) is 0 Å². The summed E-state index contributed by atoms with van der Waals surface area (Å²) in [5.74, 6) is -0.0808. The van der Waals surface area contributed by atoms with Crippen molar-refractivity contribution in [3.05, 3.63) is 24.3 Å². The maximum absolute atomic E-state index is 11.4. The van der Waals surface area contributed by atoms with Crippen LogP contribution >= 0.6 is 0 Å². The first-order valence-electron chi connectivity index (χ1n) is 3.67. The number of aromatic nitrogens is 2. The van der Waals surface area contributed by atoms with Crippen molar-refractivity contribution in [1.29, 1.82) is 0 Å². The van der Waals surface area contributed by atoms with Crippen molar-refractivity contribution in [2.24, 2.45) is 0 Å². The topological polar surface area (TPSA) is 63.2 Å². The van der Waals surface area contributed by atoms with E-state index < -0.39 is 10.0 Å². The molecule has 0 fully saturated rings. The lowest BCUT2D eigenvalue weighted by Crippen LogP contribution is -2.24. The molecule has 0 radical (unpaired) electrons. The second kappa shape index (κ2) is 3.80. The van der Waals surface area contributed by atoms with Gasteiger partial charge in [0.05, 0.1) is 5.69 Å². The fourth-order valence-electron chi connectivity index (χ4n) is 0.719. The standard InChI is InChI=1S/C7H11N3O2S/c1-10(2)13(11,12)5-7-3-4-8-6-9-7/h3-4,6H,5H2,1-2H3. The van der Waals surface area contributed by atoms with Gasteiger partial charge in [-0.3, -0.25) is 0 Å². The predicted molar refractivity (Wildman–Crippen MR) is 48.3 cm³/mol. The van der Waals surface area contributed by atoms with Crippen LogP contribution in [0.3, 0.4) is 0 Å². The fourth-order valence-corrected chi connectivity index (χ4v) is 1.52. The molecule has 13 heavy (non-hydrogen) atoms. The molecular weight excluding hydrogens is 190 g/mol. The van der Waals surface area contributed by atoms with Crippen LogP contribution in [0.25, 0.3) is 0 Å². The van der Waals surface area contributed by atoms with Crippen LogP contribution in [0.4, 0.5) is 0 Å². The molecule has 1 heterocycles. The van der Waals surface area contributed by atoms with Crippen molar-refractivity contribution in [3.8, 4) is 0 Å². The minimum absolute atomic E-state index is 0.0808. The van der Waals surface area contributed by atoms with Gasteiger partial charge in [-0.15, -0.1) is 0 Å². The first kappa shape index (κ1) is 10.1. The predicted octanol–water partition coefficient (Wildman–Crippen LogP) is -0.132. The third kappa shape index (κ3) is 2.74. The minimum atomic E-state index is -3.21. The van der Waals surface area contributed by atoms with Gasteiger partial charge in [-0.1, -0.05) is 0 Å². The van der Waals surface area contributed by atoms with Gasteiger partial charge in [0.2, 0.25) is 10.0 Å². The Kier molecular flexibility index (Phi) is 2.94. The molecule has 0 aliphatic carbocycles. The maximum Gasteiger partial charge on any atom is 0.219 e. The summed E-state index contributed by atoms with van der Waals surface area (Å²) in [7, 11) is -0.215. The molecule has 1 aromatic rings. The number of nitrogens with zero attached hydrogens (tertiary/aromatic N) is 3. The number of rotatable bonds is 3. The molecule has 6 heteroatoms. The zero-order chi connectivity index (χ0) is 9.90. The third-order valence-electron chi connectivity index (χ3n) is 1.53. The van der Waals surface area contributed by atoms with E-state index in [4.69, 9.17) is 0 Å². The van der Waals surface area contributed by atoms with E-state index in [1.54, 1.807) is 6.07 Å². The molecule has 0 unspecified atom stereocenters. The van der Waals surface area contributed by atoms with Gasteiger partial charge in [0.15, 0.2) is 0 Å². The maximum atomic E-state index is 11.4. The summed E-state index contributed by atoms with van der Waals surface area (Å²) in [4.78, 5) is 7.53. The highest BCUT2D eigenvalue weighted by Crippen LogP contribution is 2.03. The summed E-state index contributed by atoms with van der Waals surface area (Å²) in [6, 6.07) is 1.58. The van der Waals surface area contributed by atoms with E-state index in [0.29, 0.717) is 5.69 Å². The third-order valence-corrected chi connectivity index (χ3v) is 3.30. The van der Waals surface area contributed by atoms with E-state index in [2.05, 4.69) is 9.97 Å². The Balaban J connectivity index is 2.82. The number of hydrogen-bond acceptors (Lipinski definition) is 4. The molecule has 0 amide bonds. The Labute approximate surface area is 77.5 Å². The average Bonchev–Trinajstić information content (AvgIpc) is 2.05. The lowest BCUT2D eigenvalue weighted by Gasteiger charge is -2.09. The molecule has 0 atom stereocenters. The van der Waals surface area contributed by atoms with Crippen LogP contribution in [0.15, 0.2) is 18.6 Å². The fraction of sp³-hybridized carbons (Fsp3) is 0.429. The van der Waals surface area contributed by atoms with Crippen LogP contribution in [0, 0.1) is 0 Å².